The first-order chi connectivity index (χ1) is 19.3. The highest BCUT2D eigenvalue weighted by Crippen LogP contribution is 2.39. The summed E-state index contributed by atoms with van der Waals surface area (Å²) in [6.45, 7) is 9.95. The van der Waals surface area contributed by atoms with Gasteiger partial charge in [0.05, 0.1) is 23.8 Å². The molecule has 12 heteroatoms. The molecule has 1 aliphatic carbocycles. The number of carbonyl (C=O) groups is 1. The van der Waals surface area contributed by atoms with Gasteiger partial charge in [-0.05, 0) is 68.9 Å². The van der Waals surface area contributed by atoms with Gasteiger partial charge in [-0.1, -0.05) is 12.1 Å². The van der Waals surface area contributed by atoms with Crippen LogP contribution in [0.1, 0.15) is 48.8 Å². The fourth-order valence-corrected chi connectivity index (χ4v) is 5.38. The van der Waals surface area contributed by atoms with Gasteiger partial charge in [-0.3, -0.25) is 4.79 Å². The summed E-state index contributed by atoms with van der Waals surface area (Å²) in [5, 5.41) is 3.19. The van der Waals surface area contributed by atoms with Crippen LogP contribution in [-0.2, 0) is 21.9 Å². The number of carbonyl (C=O) groups excluding carboxylic acids is 1. The first-order valence-electron chi connectivity index (χ1n) is 13.5. The van der Waals surface area contributed by atoms with Crippen LogP contribution in [0, 0.1) is 13.5 Å². The predicted molar refractivity (Wildman–Crippen MR) is 143 cm³/mol. The lowest BCUT2D eigenvalue weighted by molar-refractivity contribution is -0.139. The zero-order valence-corrected chi connectivity index (χ0v) is 22.6. The highest BCUT2D eigenvalue weighted by molar-refractivity contribution is 5.77. The number of alkyl halides is 6. The topological polar surface area (TPSA) is 49.2 Å². The van der Waals surface area contributed by atoms with Gasteiger partial charge in [-0.15, -0.1) is 0 Å². The molecule has 0 spiro atoms. The van der Waals surface area contributed by atoms with Gasteiger partial charge in [-0.2, -0.15) is 26.3 Å². The molecule has 1 N–H and O–H groups in total. The van der Waals surface area contributed by atoms with Gasteiger partial charge in [-0.25, -0.2) is 4.85 Å². The highest BCUT2D eigenvalue weighted by Gasteiger charge is 2.35. The third kappa shape index (κ3) is 7.85. The largest absolute Gasteiger partial charge is 0.416 e. The van der Waals surface area contributed by atoms with E-state index in [0.717, 1.165) is 12.1 Å². The van der Waals surface area contributed by atoms with Crippen LogP contribution in [0.3, 0.4) is 0 Å². The van der Waals surface area contributed by atoms with Crippen LogP contribution in [0.25, 0.3) is 4.85 Å². The maximum Gasteiger partial charge on any atom is 0.416 e. The van der Waals surface area contributed by atoms with Gasteiger partial charge < -0.3 is 19.9 Å². The minimum Gasteiger partial charge on any atom is -0.382 e. The molecule has 0 radical (unpaired) electrons. The van der Waals surface area contributed by atoms with Crippen molar-refractivity contribution in [3.8, 4) is 0 Å². The van der Waals surface area contributed by atoms with Crippen molar-refractivity contribution in [2.24, 2.45) is 0 Å². The van der Waals surface area contributed by atoms with Crippen molar-refractivity contribution in [3.05, 3.63) is 64.5 Å². The fourth-order valence-electron chi connectivity index (χ4n) is 5.38. The van der Waals surface area contributed by atoms with E-state index in [2.05, 4.69) is 10.2 Å². The van der Waals surface area contributed by atoms with Crippen molar-refractivity contribution in [3.63, 3.8) is 0 Å². The SMILES string of the molecule is [C-]#[N+]c1ccc(N2CCCN(C(=O)COC3CCC(Nc4ccc(C)c(C(F)(F)F)c4)CC3)CC2)cc1C(F)(F)F. The number of rotatable bonds is 6. The normalized spacial score (nSPS) is 20.3. The number of amides is 1. The zero-order valence-electron chi connectivity index (χ0n) is 22.6. The van der Waals surface area contributed by atoms with E-state index >= 15 is 0 Å². The molecule has 1 heterocycles. The number of hydrogen-bond acceptors (Lipinski definition) is 4. The Labute approximate surface area is 235 Å². The highest BCUT2D eigenvalue weighted by atomic mass is 19.4. The number of ether oxygens (including phenoxy) is 1. The van der Waals surface area contributed by atoms with Crippen molar-refractivity contribution in [2.45, 2.75) is 63.5 Å². The molecule has 41 heavy (non-hydrogen) atoms. The molecule has 2 aromatic rings. The summed E-state index contributed by atoms with van der Waals surface area (Å²) >= 11 is 0. The standard InChI is InChI=1S/C29H32F6N4O2/c1-19-4-5-21(16-24(19)28(30,31)32)37-20-6-9-23(10-7-20)41-18-27(40)39-13-3-12-38(14-15-39)22-8-11-26(36-2)25(17-22)29(33,34)35/h4-5,8,11,16-17,20,23,37H,3,6-7,9-10,12-15,18H2,1H3. The molecule has 2 aliphatic rings. The average molecular weight is 583 g/mol. The van der Waals surface area contributed by atoms with Gasteiger partial charge >= 0.3 is 12.4 Å². The molecule has 2 fully saturated rings. The van der Waals surface area contributed by atoms with Crippen molar-refractivity contribution in [1.29, 1.82) is 0 Å². The molecular weight excluding hydrogens is 550 g/mol. The molecular formula is C29H32F6N4O2. The Morgan fingerprint density at radius 1 is 0.951 bits per heavy atom. The summed E-state index contributed by atoms with van der Waals surface area (Å²) in [7, 11) is 0. The third-order valence-electron chi connectivity index (χ3n) is 7.65. The number of aryl methyl sites for hydroxylation is 1. The number of benzene rings is 2. The first-order valence-corrected chi connectivity index (χ1v) is 13.5. The summed E-state index contributed by atoms with van der Waals surface area (Å²) in [6.07, 6.45) is -5.88. The van der Waals surface area contributed by atoms with Crippen molar-refractivity contribution < 1.29 is 35.9 Å². The van der Waals surface area contributed by atoms with Gasteiger partial charge in [0.25, 0.3) is 0 Å². The van der Waals surface area contributed by atoms with Crippen molar-refractivity contribution in [2.75, 3.05) is 43.0 Å². The van der Waals surface area contributed by atoms with Crippen LogP contribution in [0.2, 0.25) is 0 Å². The van der Waals surface area contributed by atoms with Gasteiger partial charge in [0.15, 0.2) is 5.69 Å². The van der Waals surface area contributed by atoms with Gasteiger partial charge in [0, 0.05) is 43.6 Å². The van der Waals surface area contributed by atoms with Crippen LogP contribution in [0.5, 0.6) is 0 Å². The van der Waals surface area contributed by atoms with E-state index in [1.54, 1.807) is 15.9 Å². The minimum absolute atomic E-state index is 0.00708. The Balaban J connectivity index is 1.24. The summed E-state index contributed by atoms with van der Waals surface area (Å²) in [5.74, 6) is -0.189. The Morgan fingerprint density at radius 3 is 2.32 bits per heavy atom. The molecule has 222 valence electrons. The maximum absolute atomic E-state index is 13.4. The molecule has 0 bridgehead atoms. The van der Waals surface area contributed by atoms with E-state index in [1.165, 1.54) is 25.1 Å². The average Bonchev–Trinajstić information content (AvgIpc) is 3.19. The van der Waals surface area contributed by atoms with E-state index in [0.29, 0.717) is 69.7 Å². The van der Waals surface area contributed by atoms with Crippen LogP contribution in [-0.4, -0.2) is 55.7 Å². The lowest BCUT2D eigenvalue weighted by Gasteiger charge is -2.30. The predicted octanol–water partition coefficient (Wildman–Crippen LogP) is 7.06. The quantitative estimate of drug-likeness (QED) is 0.293. The second kappa shape index (κ2) is 12.6. The number of hydrogen-bond donors (Lipinski definition) is 1. The minimum atomic E-state index is -4.63. The molecule has 0 aromatic heterocycles. The Bertz CT molecular complexity index is 1270. The van der Waals surface area contributed by atoms with Crippen LogP contribution < -0.4 is 10.2 Å². The number of nitrogens with one attached hydrogen (secondary N) is 1. The first kappa shape index (κ1) is 30.5. The summed E-state index contributed by atoms with van der Waals surface area (Å²) < 4.78 is 85.7. The molecule has 2 aromatic carbocycles. The Morgan fingerprint density at radius 2 is 1.66 bits per heavy atom. The third-order valence-corrected chi connectivity index (χ3v) is 7.65. The summed E-state index contributed by atoms with van der Waals surface area (Å²) in [6, 6.07) is 7.92. The van der Waals surface area contributed by atoms with Crippen molar-refractivity contribution in [1.82, 2.24) is 4.90 Å². The lowest BCUT2D eigenvalue weighted by atomic mass is 9.92. The summed E-state index contributed by atoms with van der Waals surface area (Å²) in [4.78, 5) is 19.3. The smallest absolute Gasteiger partial charge is 0.382 e. The molecule has 0 atom stereocenters. The summed E-state index contributed by atoms with van der Waals surface area (Å²) in [5.41, 5.74) is -1.10. The maximum atomic E-state index is 13.4. The number of anilines is 2. The van der Waals surface area contributed by atoms with Crippen molar-refractivity contribution >= 4 is 23.0 Å². The van der Waals surface area contributed by atoms with E-state index in [1.807, 2.05) is 0 Å². The molecule has 1 aliphatic heterocycles. The number of nitrogens with zero attached hydrogens (tertiary/aromatic N) is 3. The molecule has 1 saturated carbocycles. The molecule has 4 rings (SSSR count). The Kier molecular flexibility index (Phi) is 9.37. The second-order valence-corrected chi connectivity index (χ2v) is 10.5. The van der Waals surface area contributed by atoms with E-state index in [-0.39, 0.29) is 30.2 Å². The monoisotopic (exact) mass is 582 g/mol. The zero-order chi connectivity index (χ0) is 29.8. The van der Waals surface area contributed by atoms with E-state index in [4.69, 9.17) is 11.3 Å². The van der Waals surface area contributed by atoms with Gasteiger partial charge in [0.1, 0.15) is 6.61 Å². The van der Waals surface area contributed by atoms with E-state index < -0.39 is 29.2 Å². The Hall–Kier alpha value is -3.46. The molecule has 0 unspecified atom stereocenters. The lowest BCUT2D eigenvalue weighted by Crippen LogP contribution is -2.39. The molecule has 1 amide bonds. The fraction of sp³-hybridized carbons (Fsp3) is 0.517. The van der Waals surface area contributed by atoms with Crippen LogP contribution >= 0.6 is 0 Å². The van der Waals surface area contributed by atoms with Crippen LogP contribution in [0.15, 0.2) is 36.4 Å². The molecule has 1 saturated heterocycles. The second-order valence-electron chi connectivity index (χ2n) is 10.5. The van der Waals surface area contributed by atoms with Crippen LogP contribution in [0.4, 0.5) is 43.4 Å². The van der Waals surface area contributed by atoms with E-state index in [9.17, 15) is 31.1 Å². The van der Waals surface area contributed by atoms with Gasteiger partial charge in [0.2, 0.25) is 5.91 Å². The molecule has 6 nitrogen and oxygen atoms in total. The number of halogens is 6.